The third-order valence-corrected chi connectivity index (χ3v) is 2.54. The fourth-order valence-electron chi connectivity index (χ4n) is 1.82. The van der Waals surface area contributed by atoms with Gasteiger partial charge in [-0.3, -0.25) is 9.59 Å². The molecule has 0 fully saturated rings. The SMILES string of the molecule is CC(C)CN(CC(=O)O)C(=O)c1ccc(OC(C)C)nc1. The quantitative estimate of drug-likeness (QED) is 0.832. The van der Waals surface area contributed by atoms with Crippen molar-refractivity contribution in [3.63, 3.8) is 0 Å². The molecular weight excluding hydrogens is 272 g/mol. The Morgan fingerprint density at radius 2 is 1.95 bits per heavy atom. The van der Waals surface area contributed by atoms with E-state index >= 15 is 0 Å². The highest BCUT2D eigenvalue weighted by atomic mass is 16.5. The Balaban J connectivity index is 2.84. The topological polar surface area (TPSA) is 79.7 Å². The number of ether oxygens (including phenoxy) is 1. The molecule has 1 rings (SSSR count). The molecule has 0 aliphatic heterocycles. The van der Waals surface area contributed by atoms with Gasteiger partial charge in [-0.15, -0.1) is 0 Å². The first-order valence-electron chi connectivity index (χ1n) is 6.93. The number of carbonyl (C=O) groups excluding carboxylic acids is 1. The Bertz CT molecular complexity index is 483. The molecule has 1 aromatic heterocycles. The van der Waals surface area contributed by atoms with E-state index in [1.807, 2.05) is 27.7 Å². The number of amides is 1. The monoisotopic (exact) mass is 294 g/mol. The smallest absolute Gasteiger partial charge is 0.323 e. The molecule has 6 nitrogen and oxygen atoms in total. The maximum atomic E-state index is 12.3. The van der Waals surface area contributed by atoms with Gasteiger partial charge >= 0.3 is 5.97 Å². The van der Waals surface area contributed by atoms with Crippen molar-refractivity contribution in [2.45, 2.75) is 33.8 Å². The number of aromatic nitrogens is 1. The standard InChI is InChI=1S/C15H22N2O4/c1-10(2)8-17(9-14(18)19)15(20)12-5-6-13(16-7-12)21-11(3)4/h5-7,10-11H,8-9H2,1-4H3,(H,18,19). The Morgan fingerprint density at radius 1 is 1.29 bits per heavy atom. The van der Waals surface area contributed by atoms with Crippen molar-refractivity contribution in [1.29, 1.82) is 0 Å². The number of pyridine rings is 1. The predicted molar refractivity (Wildman–Crippen MR) is 78.4 cm³/mol. The highest BCUT2D eigenvalue weighted by molar-refractivity contribution is 5.95. The van der Waals surface area contributed by atoms with Crippen molar-refractivity contribution in [3.05, 3.63) is 23.9 Å². The lowest BCUT2D eigenvalue weighted by molar-refractivity contribution is -0.137. The maximum absolute atomic E-state index is 12.3. The van der Waals surface area contributed by atoms with Crippen molar-refractivity contribution in [1.82, 2.24) is 9.88 Å². The van der Waals surface area contributed by atoms with E-state index in [9.17, 15) is 9.59 Å². The number of carboxylic acids is 1. The molecule has 0 aromatic carbocycles. The zero-order valence-electron chi connectivity index (χ0n) is 12.9. The fourth-order valence-corrected chi connectivity index (χ4v) is 1.82. The van der Waals surface area contributed by atoms with Gasteiger partial charge in [0, 0.05) is 18.8 Å². The average Bonchev–Trinajstić information content (AvgIpc) is 2.36. The van der Waals surface area contributed by atoms with Crippen LogP contribution >= 0.6 is 0 Å². The number of nitrogens with zero attached hydrogens (tertiary/aromatic N) is 2. The zero-order chi connectivity index (χ0) is 16.0. The van der Waals surface area contributed by atoms with Crippen LogP contribution in [0.15, 0.2) is 18.3 Å². The van der Waals surface area contributed by atoms with Gasteiger partial charge in [-0.25, -0.2) is 4.98 Å². The molecule has 1 N–H and O–H groups in total. The second-order valence-corrected chi connectivity index (χ2v) is 5.52. The van der Waals surface area contributed by atoms with Gasteiger partial charge in [-0.05, 0) is 25.8 Å². The van der Waals surface area contributed by atoms with Crippen LogP contribution in [0.4, 0.5) is 0 Å². The first kappa shape index (κ1) is 16.9. The summed E-state index contributed by atoms with van der Waals surface area (Å²) in [5.41, 5.74) is 0.355. The van der Waals surface area contributed by atoms with E-state index in [0.717, 1.165) is 0 Å². The van der Waals surface area contributed by atoms with Gasteiger partial charge in [-0.1, -0.05) is 13.8 Å². The zero-order valence-corrected chi connectivity index (χ0v) is 12.9. The van der Waals surface area contributed by atoms with Crippen LogP contribution in [0.2, 0.25) is 0 Å². The van der Waals surface area contributed by atoms with E-state index < -0.39 is 5.97 Å². The second-order valence-electron chi connectivity index (χ2n) is 5.52. The summed E-state index contributed by atoms with van der Waals surface area (Å²) in [5.74, 6) is -0.744. The van der Waals surface area contributed by atoms with E-state index in [1.165, 1.54) is 11.1 Å². The molecule has 21 heavy (non-hydrogen) atoms. The van der Waals surface area contributed by atoms with Gasteiger partial charge in [-0.2, -0.15) is 0 Å². The first-order chi connectivity index (χ1) is 9.79. The van der Waals surface area contributed by atoms with Crippen LogP contribution in [-0.4, -0.2) is 46.1 Å². The number of rotatable bonds is 7. The van der Waals surface area contributed by atoms with Crippen LogP contribution in [0.5, 0.6) is 5.88 Å². The molecular formula is C15H22N2O4. The van der Waals surface area contributed by atoms with Crippen molar-refractivity contribution in [3.8, 4) is 5.88 Å². The van der Waals surface area contributed by atoms with Crippen LogP contribution in [-0.2, 0) is 4.79 Å². The highest BCUT2D eigenvalue weighted by Gasteiger charge is 2.20. The van der Waals surface area contributed by atoms with Gasteiger partial charge in [0.25, 0.3) is 5.91 Å². The maximum Gasteiger partial charge on any atom is 0.323 e. The number of hydrogen-bond acceptors (Lipinski definition) is 4. The molecule has 0 saturated carbocycles. The van der Waals surface area contributed by atoms with Crippen molar-refractivity contribution < 1.29 is 19.4 Å². The van der Waals surface area contributed by atoms with E-state index in [1.54, 1.807) is 12.1 Å². The molecule has 1 heterocycles. The Kier molecular flexibility index (Phi) is 6.14. The summed E-state index contributed by atoms with van der Waals surface area (Å²) in [7, 11) is 0. The molecule has 6 heteroatoms. The van der Waals surface area contributed by atoms with Gasteiger partial charge in [0.05, 0.1) is 11.7 Å². The minimum absolute atomic E-state index is 0.00324. The molecule has 0 unspecified atom stereocenters. The normalized spacial score (nSPS) is 10.8. The summed E-state index contributed by atoms with van der Waals surface area (Å²) in [5, 5.41) is 8.91. The van der Waals surface area contributed by atoms with Crippen LogP contribution in [0, 0.1) is 5.92 Å². The molecule has 0 radical (unpaired) electrons. The van der Waals surface area contributed by atoms with Gasteiger partial charge in [0.1, 0.15) is 6.54 Å². The molecule has 116 valence electrons. The molecule has 1 amide bonds. The summed E-state index contributed by atoms with van der Waals surface area (Å²) in [6.07, 6.45) is 1.42. The van der Waals surface area contributed by atoms with Crippen LogP contribution in [0.25, 0.3) is 0 Å². The Morgan fingerprint density at radius 3 is 2.38 bits per heavy atom. The van der Waals surface area contributed by atoms with Crippen molar-refractivity contribution >= 4 is 11.9 Å². The molecule has 0 aliphatic rings. The minimum atomic E-state index is -1.03. The van der Waals surface area contributed by atoms with E-state index in [2.05, 4.69) is 4.98 Å². The van der Waals surface area contributed by atoms with Crippen LogP contribution in [0.1, 0.15) is 38.1 Å². The third kappa shape index (κ3) is 5.81. The number of hydrogen-bond donors (Lipinski definition) is 1. The molecule has 0 spiro atoms. The Hall–Kier alpha value is -2.11. The van der Waals surface area contributed by atoms with Gasteiger partial charge in [0.15, 0.2) is 0 Å². The number of carboxylic acid groups (broad SMARTS) is 1. The first-order valence-corrected chi connectivity index (χ1v) is 6.93. The molecule has 0 saturated heterocycles. The lowest BCUT2D eigenvalue weighted by Crippen LogP contribution is -2.38. The van der Waals surface area contributed by atoms with E-state index in [4.69, 9.17) is 9.84 Å². The summed E-state index contributed by atoms with van der Waals surface area (Å²) < 4.78 is 5.41. The minimum Gasteiger partial charge on any atom is -0.480 e. The second kappa shape index (κ2) is 7.61. The fraction of sp³-hybridized carbons (Fsp3) is 0.533. The lowest BCUT2D eigenvalue weighted by atomic mass is 10.1. The van der Waals surface area contributed by atoms with E-state index in [-0.39, 0.29) is 24.5 Å². The summed E-state index contributed by atoms with van der Waals surface area (Å²) in [6.45, 7) is 7.70. The highest BCUT2D eigenvalue weighted by Crippen LogP contribution is 2.12. The predicted octanol–water partition coefficient (Wildman–Crippen LogP) is 2.05. The van der Waals surface area contributed by atoms with E-state index in [0.29, 0.717) is 18.0 Å². The molecule has 1 aromatic rings. The largest absolute Gasteiger partial charge is 0.480 e. The molecule has 0 aliphatic carbocycles. The van der Waals surface area contributed by atoms with Gasteiger partial charge < -0.3 is 14.7 Å². The lowest BCUT2D eigenvalue weighted by Gasteiger charge is -2.22. The van der Waals surface area contributed by atoms with Gasteiger partial charge in [0.2, 0.25) is 5.88 Å². The number of carbonyl (C=O) groups is 2. The van der Waals surface area contributed by atoms with Crippen molar-refractivity contribution in [2.24, 2.45) is 5.92 Å². The Labute approximate surface area is 124 Å². The number of aliphatic carboxylic acids is 1. The molecule has 0 atom stereocenters. The summed E-state index contributed by atoms with van der Waals surface area (Å²) >= 11 is 0. The third-order valence-electron chi connectivity index (χ3n) is 2.54. The van der Waals surface area contributed by atoms with Crippen LogP contribution < -0.4 is 4.74 Å². The average molecular weight is 294 g/mol. The summed E-state index contributed by atoms with van der Waals surface area (Å²) in [6, 6.07) is 3.21. The molecule has 0 bridgehead atoms. The van der Waals surface area contributed by atoms with Crippen molar-refractivity contribution in [2.75, 3.05) is 13.1 Å². The summed E-state index contributed by atoms with van der Waals surface area (Å²) in [4.78, 5) is 28.6. The van der Waals surface area contributed by atoms with Crippen LogP contribution in [0.3, 0.4) is 0 Å².